The number of hydrogen-bond acceptors (Lipinski definition) is 5. The fraction of sp³-hybridized carbons (Fsp3) is 0.765. The van der Waals surface area contributed by atoms with Gasteiger partial charge in [0.2, 0.25) is 5.91 Å². The molecular formula is C17H27N3O3. The van der Waals surface area contributed by atoms with Gasteiger partial charge in [-0.15, -0.1) is 0 Å². The number of aryl methyl sites for hydroxylation is 2. The van der Waals surface area contributed by atoms with Crippen LogP contribution in [0.3, 0.4) is 0 Å². The second-order valence-corrected chi connectivity index (χ2v) is 6.78. The molecule has 0 bridgehead atoms. The van der Waals surface area contributed by atoms with E-state index in [0.717, 1.165) is 50.6 Å². The number of piperidine rings is 1. The van der Waals surface area contributed by atoms with Gasteiger partial charge in [-0.25, -0.2) is 0 Å². The summed E-state index contributed by atoms with van der Waals surface area (Å²) < 4.78 is 10.5. The predicted molar refractivity (Wildman–Crippen MR) is 85.9 cm³/mol. The number of amides is 1. The van der Waals surface area contributed by atoms with Crippen LogP contribution in [0.1, 0.15) is 30.4 Å². The van der Waals surface area contributed by atoms with Crippen LogP contribution >= 0.6 is 0 Å². The lowest BCUT2D eigenvalue weighted by atomic mass is 9.88. The van der Waals surface area contributed by atoms with Gasteiger partial charge in [-0.2, -0.15) is 0 Å². The summed E-state index contributed by atoms with van der Waals surface area (Å²) in [7, 11) is 0. The van der Waals surface area contributed by atoms with Gasteiger partial charge in [0, 0.05) is 38.3 Å². The van der Waals surface area contributed by atoms with E-state index >= 15 is 0 Å². The maximum Gasteiger partial charge on any atom is 0.248 e. The quantitative estimate of drug-likeness (QED) is 0.824. The summed E-state index contributed by atoms with van der Waals surface area (Å²) in [4.78, 5) is 16.6. The lowest BCUT2D eigenvalue weighted by molar-refractivity contribution is -0.135. The van der Waals surface area contributed by atoms with Crippen LogP contribution in [0.4, 0.5) is 0 Å². The zero-order chi connectivity index (χ0) is 16.4. The van der Waals surface area contributed by atoms with Crippen molar-refractivity contribution < 1.29 is 14.1 Å². The number of likely N-dealkylation sites (tertiary alicyclic amines) is 2. The molecule has 1 aromatic heterocycles. The lowest BCUT2D eigenvalue weighted by Crippen LogP contribution is -2.39. The maximum absolute atomic E-state index is 12.1. The van der Waals surface area contributed by atoms with Crippen molar-refractivity contribution in [3.63, 3.8) is 0 Å². The zero-order valence-corrected chi connectivity index (χ0v) is 14.4. The minimum Gasteiger partial charge on any atom is -0.372 e. The van der Waals surface area contributed by atoms with Crippen molar-refractivity contribution in [2.75, 3.05) is 39.4 Å². The molecule has 0 N–H and O–H groups in total. The molecule has 2 fully saturated rings. The Morgan fingerprint density at radius 2 is 2.09 bits per heavy atom. The van der Waals surface area contributed by atoms with Crippen molar-refractivity contribution >= 4 is 5.91 Å². The van der Waals surface area contributed by atoms with E-state index in [-0.39, 0.29) is 12.5 Å². The highest BCUT2D eigenvalue weighted by Crippen LogP contribution is 2.32. The van der Waals surface area contributed by atoms with Crippen LogP contribution in [0.5, 0.6) is 0 Å². The number of nitrogens with zero attached hydrogens (tertiary/aromatic N) is 3. The fourth-order valence-corrected chi connectivity index (χ4v) is 3.82. The number of fused-ring (bicyclic) bond motifs is 1. The zero-order valence-electron chi connectivity index (χ0n) is 14.4. The second kappa shape index (κ2) is 7.01. The summed E-state index contributed by atoms with van der Waals surface area (Å²) in [6.45, 7) is 11.5. The van der Waals surface area contributed by atoms with E-state index in [9.17, 15) is 4.79 Å². The first-order valence-electron chi connectivity index (χ1n) is 8.58. The Labute approximate surface area is 137 Å². The van der Waals surface area contributed by atoms with Crippen molar-refractivity contribution in [2.24, 2.45) is 11.8 Å². The van der Waals surface area contributed by atoms with Crippen LogP contribution in [0.15, 0.2) is 4.52 Å². The van der Waals surface area contributed by atoms with E-state index in [4.69, 9.17) is 9.26 Å². The minimum absolute atomic E-state index is 0.138. The van der Waals surface area contributed by atoms with Crippen molar-refractivity contribution in [1.29, 1.82) is 0 Å². The molecule has 0 aromatic carbocycles. The number of ether oxygens (including phenoxy) is 1. The summed E-state index contributed by atoms with van der Waals surface area (Å²) >= 11 is 0. The molecule has 3 heterocycles. The third-order valence-corrected chi connectivity index (χ3v) is 5.23. The molecule has 2 aliphatic rings. The minimum atomic E-state index is 0.138. The molecule has 0 radical (unpaired) electrons. The Kier molecular flexibility index (Phi) is 5.02. The molecule has 6 heteroatoms. The monoisotopic (exact) mass is 321 g/mol. The molecular weight excluding hydrogens is 294 g/mol. The molecule has 128 valence electrons. The van der Waals surface area contributed by atoms with Gasteiger partial charge in [0.25, 0.3) is 0 Å². The molecule has 3 rings (SSSR count). The lowest BCUT2D eigenvalue weighted by Gasteiger charge is -2.34. The molecule has 1 aromatic rings. The Bertz CT molecular complexity index is 538. The van der Waals surface area contributed by atoms with Crippen LogP contribution in [0.25, 0.3) is 0 Å². The molecule has 1 amide bonds. The third kappa shape index (κ3) is 3.58. The largest absolute Gasteiger partial charge is 0.372 e. The van der Waals surface area contributed by atoms with E-state index in [1.807, 2.05) is 25.7 Å². The third-order valence-electron chi connectivity index (χ3n) is 5.23. The second-order valence-electron chi connectivity index (χ2n) is 6.78. The van der Waals surface area contributed by atoms with Crippen molar-refractivity contribution in [3.8, 4) is 0 Å². The van der Waals surface area contributed by atoms with Crippen LogP contribution in [-0.2, 0) is 16.1 Å². The predicted octanol–water partition coefficient (Wildman–Crippen LogP) is 1.61. The van der Waals surface area contributed by atoms with Crippen LogP contribution in [-0.4, -0.2) is 60.3 Å². The van der Waals surface area contributed by atoms with Gasteiger partial charge < -0.3 is 14.2 Å². The van der Waals surface area contributed by atoms with E-state index in [2.05, 4.69) is 10.1 Å². The standard InChI is InChI=1S/C17H27N3O3/c1-4-22-11-17(21)20-8-14-5-6-19(7-15(14)9-20)10-16-12(2)18-23-13(16)3/h14-15H,4-11H2,1-3H3/t14-,15-/m0/s1. The van der Waals surface area contributed by atoms with E-state index in [1.54, 1.807) is 0 Å². The summed E-state index contributed by atoms with van der Waals surface area (Å²) in [6, 6.07) is 0. The van der Waals surface area contributed by atoms with E-state index in [1.165, 1.54) is 5.56 Å². The number of rotatable bonds is 5. The van der Waals surface area contributed by atoms with Gasteiger partial charge in [0.1, 0.15) is 12.4 Å². The highest BCUT2D eigenvalue weighted by molar-refractivity contribution is 5.77. The number of carbonyl (C=O) groups is 1. The molecule has 2 aliphatic heterocycles. The van der Waals surface area contributed by atoms with Crippen molar-refractivity contribution in [3.05, 3.63) is 17.0 Å². The SMILES string of the molecule is CCOCC(=O)N1C[C@@H]2CCN(Cc3c(C)noc3C)C[C@H]2C1. The molecule has 6 nitrogen and oxygen atoms in total. The summed E-state index contributed by atoms with van der Waals surface area (Å²) in [5.74, 6) is 2.28. The number of hydrogen-bond donors (Lipinski definition) is 0. The van der Waals surface area contributed by atoms with Crippen LogP contribution < -0.4 is 0 Å². The van der Waals surface area contributed by atoms with Gasteiger partial charge >= 0.3 is 0 Å². The number of aromatic nitrogens is 1. The Hall–Kier alpha value is -1.40. The Balaban J connectivity index is 1.55. The fourth-order valence-electron chi connectivity index (χ4n) is 3.82. The first kappa shape index (κ1) is 16.5. The average molecular weight is 321 g/mol. The van der Waals surface area contributed by atoms with E-state index < -0.39 is 0 Å². The van der Waals surface area contributed by atoms with Crippen molar-refractivity contribution in [2.45, 2.75) is 33.7 Å². The average Bonchev–Trinajstić information content (AvgIpc) is 3.10. The summed E-state index contributed by atoms with van der Waals surface area (Å²) in [5, 5.41) is 4.04. The summed E-state index contributed by atoms with van der Waals surface area (Å²) in [5.41, 5.74) is 2.20. The first-order chi connectivity index (χ1) is 11.1. The van der Waals surface area contributed by atoms with Crippen LogP contribution in [0.2, 0.25) is 0 Å². The van der Waals surface area contributed by atoms with Gasteiger partial charge in [-0.05, 0) is 45.6 Å². The van der Waals surface area contributed by atoms with Crippen LogP contribution in [0, 0.1) is 25.7 Å². The maximum atomic E-state index is 12.1. The molecule has 0 aliphatic carbocycles. The smallest absolute Gasteiger partial charge is 0.248 e. The highest BCUT2D eigenvalue weighted by Gasteiger charge is 2.38. The molecule has 2 saturated heterocycles. The normalized spacial score (nSPS) is 24.9. The molecule has 0 saturated carbocycles. The molecule has 0 spiro atoms. The highest BCUT2D eigenvalue weighted by atomic mass is 16.5. The number of carbonyl (C=O) groups excluding carboxylic acids is 1. The summed E-state index contributed by atoms with van der Waals surface area (Å²) in [6.07, 6.45) is 1.16. The van der Waals surface area contributed by atoms with Crippen molar-refractivity contribution in [1.82, 2.24) is 15.0 Å². The Morgan fingerprint density at radius 1 is 1.30 bits per heavy atom. The van der Waals surface area contributed by atoms with E-state index in [0.29, 0.717) is 18.4 Å². The van der Waals surface area contributed by atoms with Gasteiger partial charge in [-0.3, -0.25) is 9.69 Å². The topological polar surface area (TPSA) is 58.8 Å². The molecule has 0 unspecified atom stereocenters. The Morgan fingerprint density at radius 3 is 2.78 bits per heavy atom. The molecule has 2 atom stereocenters. The van der Waals surface area contributed by atoms with Gasteiger partial charge in [0.05, 0.1) is 5.69 Å². The van der Waals surface area contributed by atoms with Gasteiger partial charge in [0.15, 0.2) is 0 Å². The van der Waals surface area contributed by atoms with Gasteiger partial charge in [-0.1, -0.05) is 5.16 Å². The molecule has 23 heavy (non-hydrogen) atoms. The first-order valence-corrected chi connectivity index (χ1v) is 8.58.